The van der Waals surface area contributed by atoms with Gasteiger partial charge in [-0.3, -0.25) is 24.0 Å². The number of pyridine rings is 2. The van der Waals surface area contributed by atoms with E-state index in [2.05, 4.69) is 10.6 Å². The molecule has 3 aliphatic rings. The van der Waals surface area contributed by atoms with Crippen molar-refractivity contribution in [2.45, 2.75) is 116 Å². The molecule has 4 atom stereocenters. The fraction of sp³-hybridized carbons (Fsp3) is 0.608. The lowest BCUT2D eigenvalue weighted by atomic mass is 9.85. The van der Waals surface area contributed by atoms with Crippen LogP contribution in [0.15, 0.2) is 35.1 Å². The van der Waals surface area contributed by atoms with Gasteiger partial charge in [-0.15, -0.1) is 0 Å². The number of likely N-dealkylation sites (tertiary alicyclic amines) is 1. The van der Waals surface area contributed by atoms with Gasteiger partial charge in [-0.05, 0) is 82.8 Å². The van der Waals surface area contributed by atoms with Crippen LogP contribution in [0.3, 0.4) is 0 Å². The largest absolute Gasteiger partial charge is 0.466 e. The minimum Gasteiger partial charge on any atom is -0.466 e. The maximum Gasteiger partial charge on any atom is 0.355 e. The Morgan fingerprint density at radius 3 is 2.35 bits per heavy atom. The molecule has 2 aromatic heterocycles. The number of rotatable bonds is 27. The first kappa shape index (κ1) is 54.5. The van der Waals surface area contributed by atoms with E-state index in [0.717, 1.165) is 35.0 Å². The summed E-state index contributed by atoms with van der Waals surface area (Å²) in [5, 5.41) is 6.44. The Labute approximate surface area is 414 Å². The molecular weight excluding hydrogens is 919 g/mol. The van der Waals surface area contributed by atoms with E-state index in [9.17, 15) is 33.6 Å². The zero-order chi connectivity index (χ0) is 51.2. The molecule has 1 fully saturated rings. The summed E-state index contributed by atoms with van der Waals surface area (Å²) in [6, 6.07) is 5.71. The van der Waals surface area contributed by atoms with Crippen LogP contribution < -0.4 is 21.9 Å². The summed E-state index contributed by atoms with van der Waals surface area (Å²) in [7, 11) is 3.88. The molecule has 20 nitrogen and oxygen atoms in total. The first-order chi connectivity index (χ1) is 34.1. The van der Waals surface area contributed by atoms with Crippen molar-refractivity contribution < 1.29 is 57.2 Å². The minimum atomic E-state index is -2.04. The van der Waals surface area contributed by atoms with Crippen molar-refractivity contribution in [3.8, 4) is 11.4 Å². The number of hydrogen-bond acceptors (Lipinski definition) is 16. The molecule has 20 heteroatoms. The highest BCUT2D eigenvalue weighted by atomic mass is 16.6. The molecule has 0 aliphatic carbocycles. The van der Waals surface area contributed by atoms with Crippen molar-refractivity contribution in [1.29, 1.82) is 0 Å². The molecule has 3 aliphatic heterocycles. The number of nitrogens with two attached hydrogens (primary N) is 1. The Morgan fingerprint density at radius 2 is 1.66 bits per heavy atom. The number of ether oxygens (including phenoxy) is 6. The molecule has 1 aromatic carbocycles. The van der Waals surface area contributed by atoms with Gasteiger partial charge in [-0.25, -0.2) is 14.6 Å². The van der Waals surface area contributed by atoms with Gasteiger partial charge in [0, 0.05) is 36.0 Å². The molecule has 0 bridgehead atoms. The number of nitrogens with zero attached hydrogens (tertiary/aromatic N) is 4. The SMILES string of the molecule is CCc1c2c(nc3ccccc13)-c1cc3c(c(=O)n1C2)COC(=O)[C@@]3(CC)OC(=O)[C@@H](NC(=O)[C@@H]1CCCN1C(=O)[C@H](CC(=O)OCCCCN(C)C)NC(=O)CCOCCOCCOCCN)C(C)C. The van der Waals surface area contributed by atoms with Crippen molar-refractivity contribution in [2.24, 2.45) is 11.7 Å². The highest BCUT2D eigenvalue weighted by Gasteiger charge is 2.52. The number of amides is 3. The number of benzene rings is 1. The molecule has 0 spiro atoms. The van der Waals surface area contributed by atoms with Gasteiger partial charge < -0.3 is 59.2 Å². The van der Waals surface area contributed by atoms with Gasteiger partial charge in [-0.1, -0.05) is 45.9 Å². The zero-order valence-electron chi connectivity index (χ0n) is 42.0. The van der Waals surface area contributed by atoms with Gasteiger partial charge >= 0.3 is 17.9 Å². The Hall–Kier alpha value is -5.80. The van der Waals surface area contributed by atoms with E-state index < -0.39 is 71.7 Å². The zero-order valence-corrected chi connectivity index (χ0v) is 42.0. The lowest BCUT2D eigenvalue weighted by Crippen LogP contribution is -2.57. The van der Waals surface area contributed by atoms with Crippen LogP contribution in [-0.4, -0.2) is 153 Å². The third-order valence-electron chi connectivity index (χ3n) is 13.1. The van der Waals surface area contributed by atoms with Crippen LogP contribution in [0.1, 0.15) is 94.9 Å². The highest BCUT2D eigenvalue weighted by Crippen LogP contribution is 2.42. The third-order valence-corrected chi connectivity index (χ3v) is 13.1. The number of cyclic esters (lactones) is 1. The van der Waals surface area contributed by atoms with Gasteiger partial charge in [0.05, 0.1) is 81.7 Å². The molecular formula is C51H71N7O13. The summed E-state index contributed by atoms with van der Waals surface area (Å²) >= 11 is 0. The van der Waals surface area contributed by atoms with E-state index in [4.69, 9.17) is 39.1 Å². The van der Waals surface area contributed by atoms with Crippen LogP contribution in [0.25, 0.3) is 22.3 Å². The minimum absolute atomic E-state index is 0.0156. The number of unbranched alkanes of at least 4 members (excludes halogenated alkanes) is 1. The molecule has 0 unspecified atom stereocenters. The number of carbonyl (C=O) groups is 6. The first-order valence-electron chi connectivity index (χ1n) is 24.9. The molecule has 6 rings (SSSR count). The second-order valence-electron chi connectivity index (χ2n) is 18.6. The maximum atomic E-state index is 14.5. The predicted molar refractivity (Wildman–Crippen MR) is 261 cm³/mol. The lowest BCUT2D eigenvalue weighted by Gasteiger charge is -2.37. The van der Waals surface area contributed by atoms with Crippen LogP contribution in [0.4, 0.5) is 0 Å². The Bertz CT molecular complexity index is 2460. The van der Waals surface area contributed by atoms with Crippen molar-refractivity contribution >= 4 is 46.5 Å². The van der Waals surface area contributed by atoms with Gasteiger partial charge in [0.2, 0.25) is 23.3 Å². The number of carbonyl (C=O) groups excluding carboxylic acids is 6. The lowest BCUT2D eigenvalue weighted by molar-refractivity contribution is -0.191. The number of aryl methyl sites for hydroxylation is 1. The number of para-hydroxylation sites is 1. The topological polar surface area (TPSA) is 249 Å². The summed E-state index contributed by atoms with van der Waals surface area (Å²) in [6.07, 6.45) is 2.03. The van der Waals surface area contributed by atoms with E-state index >= 15 is 0 Å². The molecule has 3 amide bonds. The number of nitrogens with one attached hydrogen (secondary N) is 2. The average molecular weight is 990 g/mol. The molecule has 388 valence electrons. The second kappa shape index (κ2) is 25.5. The third kappa shape index (κ3) is 13.0. The van der Waals surface area contributed by atoms with Gasteiger partial charge in [0.1, 0.15) is 24.7 Å². The van der Waals surface area contributed by atoms with Gasteiger partial charge in [0.15, 0.2) is 0 Å². The number of fused-ring (bicyclic) bond motifs is 5. The highest BCUT2D eigenvalue weighted by molar-refractivity contribution is 5.96. The molecule has 0 radical (unpaired) electrons. The van der Waals surface area contributed by atoms with Gasteiger partial charge in [0.25, 0.3) is 5.56 Å². The normalized spacial score (nSPS) is 17.9. The summed E-state index contributed by atoms with van der Waals surface area (Å²) in [5.41, 5.74) is 7.19. The second-order valence-corrected chi connectivity index (χ2v) is 18.6. The van der Waals surface area contributed by atoms with E-state index in [1.54, 1.807) is 31.4 Å². The van der Waals surface area contributed by atoms with Crippen molar-refractivity contribution in [3.05, 3.63) is 62.9 Å². The van der Waals surface area contributed by atoms with Crippen molar-refractivity contribution in [2.75, 3.05) is 80.0 Å². The summed E-state index contributed by atoms with van der Waals surface area (Å²) in [4.78, 5) is 106. The smallest absolute Gasteiger partial charge is 0.355 e. The van der Waals surface area contributed by atoms with Crippen LogP contribution in [0, 0.1) is 5.92 Å². The van der Waals surface area contributed by atoms with Crippen LogP contribution in [-0.2, 0) is 82.4 Å². The molecule has 1 saturated heterocycles. The van der Waals surface area contributed by atoms with Crippen LogP contribution >= 0.6 is 0 Å². The van der Waals surface area contributed by atoms with E-state index in [0.29, 0.717) is 57.0 Å². The number of aromatic nitrogens is 2. The van der Waals surface area contributed by atoms with Gasteiger partial charge in [-0.2, -0.15) is 0 Å². The molecule has 5 heterocycles. The summed E-state index contributed by atoms with van der Waals surface area (Å²) in [6.45, 7) is 10.2. The van der Waals surface area contributed by atoms with Crippen molar-refractivity contribution in [1.82, 2.24) is 30.0 Å². The number of hydrogen-bond donors (Lipinski definition) is 3. The average Bonchev–Trinajstić information content (AvgIpc) is 3.99. The van der Waals surface area contributed by atoms with Crippen LogP contribution in [0.5, 0.6) is 0 Å². The van der Waals surface area contributed by atoms with E-state index in [-0.39, 0.29) is 82.1 Å². The quantitative estimate of drug-likeness (QED) is 0.0441. The molecule has 0 saturated carbocycles. The Balaban J connectivity index is 1.16. The van der Waals surface area contributed by atoms with Crippen molar-refractivity contribution in [3.63, 3.8) is 0 Å². The fourth-order valence-corrected chi connectivity index (χ4v) is 9.36. The number of esters is 3. The fourth-order valence-electron chi connectivity index (χ4n) is 9.36. The Kier molecular flexibility index (Phi) is 19.6. The predicted octanol–water partition coefficient (Wildman–Crippen LogP) is 2.48. The van der Waals surface area contributed by atoms with E-state index in [1.165, 1.54) is 4.90 Å². The summed E-state index contributed by atoms with van der Waals surface area (Å²) < 4.78 is 35.1. The molecule has 3 aromatic rings. The monoisotopic (exact) mass is 990 g/mol. The summed E-state index contributed by atoms with van der Waals surface area (Å²) in [5.74, 6) is -4.96. The first-order valence-corrected chi connectivity index (χ1v) is 24.9. The Morgan fingerprint density at radius 1 is 0.944 bits per heavy atom. The van der Waals surface area contributed by atoms with E-state index in [1.807, 2.05) is 50.2 Å². The molecule has 71 heavy (non-hydrogen) atoms. The standard InChI is InChI=1S/C51H71N7O13/c1-7-33-34-14-9-10-15-38(34)54-45-35(33)30-58-41(45)28-37-36(47(58)62)31-70-50(65)51(37,8-2)71-49(64)44(32(3)4)55-46(61)40-16-13-20-57(40)48(63)39(29-43(60)69-21-12-11-19-56(5)6)53-42(59)17-22-66-24-26-68-27-25-67-23-18-52/h9-10,14-15,28,32,39-40,44H,7-8,11-13,16-27,29-31,52H2,1-6H3,(H,53,59)(H,55,61)/t39-,40-,44-,51-/m0/s1. The maximum absolute atomic E-state index is 14.5. The molecule has 4 N–H and O–H groups in total. The van der Waals surface area contributed by atoms with Crippen LogP contribution in [0.2, 0.25) is 0 Å².